The largest absolute Gasteiger partial charge is 0.435 e. The Balaban J connectivity index is 2.92. The molecule has 0 aliphatic heterocycles. The van der Waals surface area contributed by atoms with Gasteiger partial charge in [0.1, 0.15) is 0 Å². The van der Waals surface area contributed by atoms with Crippen LogP contribution in [0.4, 0.5) is 30.7 Å². The minimum absolute atomic E-state index is 0.0950. The van der Waals surface area contributed by atoms with E-state index in [2.05, 4.69) is 36.8 Å². The monoisotopic (exact) mass is 479 g/mol. The molecule has 0 N–H and O–H groups in total. The maximum Gasteiger partial charge on any atom is 0.435 e. The van der Waals surface area contributed by atoms with E-state index >= 15 is 0 Å². The summed E-state index contributed by atoms with van der Waals surface area (Å²) in [4.78, 5) is 3.65. The molecule has 24 heavy (non-hydrogen) atoms. The Hall–Kier alpha value is -1.16. The molecule has 0 unspecified atom stereocenters. The van der Waals surface area contributed by atoms with Gasteiger partial charge >= 0.3 is 18.0 Å². The second-order valence-corrected chi connectivity index (χ2v) is 6.48. The van der Waals surface area contributed by atoms with E-state index < -0.39 is 29.1 Å². The summed E-state index contributed by atoms with van der Waals surface area (Å²) in [6.07, 6.45) is -10.1. The third-order valence-corrected chi connectivity index (χ3v) is 4.24. The number of hydrogen-bond donors (Lipinski definition) is 0. The van der Waals surface area contributed by atoms with Gasteiger partial charge in [0.05, 0.1) is 0 Å². The van der Waals surface area contributed by atoms with E-state index in [-0.39, 0.29) is 14.5 Å². The molecule has 0 aliphatic rings. The number of aromatic nitrogens is 1. The fourth-order valence-corrected chi connectivity index (χ4v) is 3.57. The number of rotatable bonds is 2. The van der Waals surface area contributed by atoms with Crippen molar-refractivity contribution in [3.8, 4) is 11.1 Å². The molecule has 0 saturated heterocycles. The van der Waals surface area contributed by atoms with Crippen molar-refractivity contribution in [2.45, 2.75) is 18.0 Å². The van der Waals surface area contributed by atoms with Crippen LogP contribution >= 0.6 is 31.9 Å². The zero-order valence-corrected chi connectivity index (χ0v) is 14.5. The van der Waals surface area contributed by atoms with Gasteiger partial charge in [0.25, 0.3) is 0 Å². The fraction of sp³-hybridized carbons (Fsp3) is 0.214. The molecule has 0 bridgehead atoms. The molecule has 0 radical (unpaired) electrons. The van der Waals surface area contributed by atoms with Crippen LogP contribution in [0.15, 0.2) is 45.6 Å². The molecule has 0 saturated carbocycles. The van der Waals surface area contributed by atoms with Crippen LogP contribution in [0.25, 0.3) is 11.1 Å². The molecule has 0 amide bonds. The molecule has 0 fully saturated rings. The Kier molecular flexibility index (Phi) is 5.02. The van der Waals surface area contributed by atoms with Crippen molar-refractivity contribution in [1.82, 2.24) is 4.98 Å². The molecule has 1 nitrogen and oxygen atoms in total. The Morgan fingerprint density at radius 1 is 0.875 bits per heavy atom. The van der Waals surface area contributed by atoms with E-state index in [0.717, 1.165) is 6.20 Å². The summed E-state index contributed by atoms with van der Waals surface area (Å²) in [6.45, 7) is 0. The van der Waals surface area contributed by atoms with Gasteiger partial charge in [-0.15, -0.1) is 0 Å². The summed E-state index contributed by atoms with van der Waals surface area (Å²) in [5.74, 6) is 0. The molecular formula is C14H6Br2F7N. The van der Waals surface area contributed by atoms with Crippen molar-refractivity contribution in [1.29, 1.82) is 0 Å². The van der Waals surface area contributed by atoms with E-state index in [0.29, 0.717) is 6.07 Å². The SMILES string of the molecule is FC(F)(F)C(F)(c1cc(Br)cc(Br)c1-c1cccnc1)C(F)(F)F. The van der Waals surface area contributed by atoms with E-state index in [4.69, 9.17) is 0 Å². The first-order valence-corrected chi connectivity index (χ1v) is 7.70. The van der Waals surface area contributed by atoms with E-state index in [1.807, 2.05) is 0 Å². The van der Waals surface area contributed by atoms with Crippen molar-refractivity contribution in [2.24, 2.45) is 0 Å². The maximum absolute atomic E-state index is 14.5. The molecule has 2 aromatic rings. The molecule has 1 heterocycles. The van der Waals surface area contributed by atoms with Crippen LogP contribution in [0.5, 0.6) is 0 Å². The van der Waals surface area contributed by atoms with Gasteiger partial charge in [0, 0.05) is 38.0 Å². The van der Waals surface area contributed by atoms with Crippen LogP contribution in [0.1, 0.15) is 5.56 Å². The molecule has 0 aliphatic carbocycles. The minimum atomic E-state index is -6.21. The van der Waals surface area contributed by atoms with Gasteiger partial charge in [-0.3, -0.25) is 4.98 Å². The summed E-state index contributed by atoms with van der Waals surface area (Å²) in [7, 11) is 0. The molecule has 0 atom stereocenters. The summed E-state index contributed by atoms with van der Waals surface area (Å²) in [5, 5.41) is 0. The first kappa shape index (κ1) is 19.2. The van der Waals surface area contributed by atoms with Gasteiger partial charge in [0.15, 0.2) is 0 Å². The number of hydrogen-bond acceptors (Lipinski definition) is 1. The summed E-state index contributed by atoms with van der Waals surface area (Å²) in [6, 6.07) is 4.24. The second kappa shape index (κ2) is 6.29. The second-order valence-electron chi connectivity index (χ2n) is 4.71. The average Bonchev–Trinajstić information content (AvgIpc) is 2.44. The van der Waals surface area contributed by atoms with Crippen LogP contribution in [0, 0.1) is 0 Å². The van der Waals surface area contributed by atoms with Crippen molar-refractivity contribution in [2.75, 3.05) is 0 Å². The smallest absolute Gasteiger partial charge is 0.264 e. The Morgan fingerprint density at radius 3 is 1.92 bits per heavy atom. The third kappa shape index (κ3) is 3.17. The fourth-order valence-electron chi connectivity index (χ4n) is 2.12. The quantitative estimate of drug-likeness (QED) is 0.443. The topological polar surface area (TPSA) is 12.9 Å². The number of alkyl halides is 7. The van der Waals surface area contributed by atoms with Gasteiger partial charge in [-0.2, -0.15) is 26.3 Å². The van der Waals surface area contributed by atoms with Crippen LogP contribution in [-0.4, -0.2) is 17.3 Å². The van der Waals surface area contributed by atoms with E-state index in [1.165, 1.54) is 24.4 Å². The molecule has 2 rings (SSSR count). The Bertz CT molecular complexity index is 727. The minimum Gasteiger partial charge on any atom is -0.264 e. The van der Waals surface area contributed by atoms with Gasteiger partial charge in [0.2, 0.25) is 0 Å². The molecule has 130 valence electrons. The first-order valence-electron chi connectivity index (χ1n) is 6.12. The lowest BCUT2D eigenvalue weighted by Gasteiger charge is -2.32. The van der Waals surface area contributed by atoms with Crippen molar-refractivity contribution in [3.63, 3.8) is 0 Å². The van der Waals surface area contributed by atoms with Crippen molar-refractivity contribution >= 4 is 31.9 Å². The summed E-state index contributed by atoms with van der Waals surface area (Å²) >= 11 is 5.70. The molecule has 0 spiro atoms. The standard InChI is InChI=1S/C14H6Br2F7N/c15-8-4-9(12(17,13(18,19)20)14(21,22)23)11(10(16)5-8)7-2-1-3-24-6-7/h1-6H. The molecule has 1 aromatic carbocycles. The number of nitrogens with zero attached hydrogens (tertiary/aromatic N) is 1. The maximum atomic E-state index is 14.5. The highest BCUT2D eigenvalue weighted by Crippen LogP contribution is 2.56. The van der Waals surface area contributed by atoms with E-state index in [9.17, 15) is 30.7 Å². The first-order chi connectivity index (χ1) is 10.9. The van der Waals surface area contributed by atoms with Crippen molar-refractivity contribution < 1.29 is 30.7 Å². The normalized spacial score (nSPS) is 13.2. The number of benzene rings is 1. The van der Waals surface area contributed by atoms with Gasteiger partial charge < -0.3 is 0 Å². The van der Waals surface area contributed by atoms with Gasteiger partial charge in [-0.05, 0) is 18.2 Å². The average molecular weight is 481 g/mol. The Morgan fingerprint density at radius 2 is 1.46 bits per heavy atom. The third-order valence-electron chi connectivity index (χ3n) is 3.16. The van der Waals surface area contributed by atoms with Gasteiger partial charge in [-0.25, -0.2) is 4.39 Å². The van der Waals surface area contributed by atoms with Crippen molar-refractivity contribution in [3.05, 3.63) is 51.2 Å². The highest BCUT2D eigenvalue weighted by atomic mass is 79.9. The van der Waals surface area contributed by atoms with Crippen LogP contribution in [0.3, 0.4) is 0 Å². The summed E-state index contributed by atoms with van der Waals surface area (Å²) in [5.41, 5.74) is -7.79. The lowest BCUT2D eigenvalue weighted by atomic mass is 9.87. The van der Waals surface area contributed by atoms with Crippen LogP contribution in [-0.2, 0) is 5.67 Å². The van der Waals surface area contributed by atoms with E-state index in [1.54, 1.807) is 0 Å². The zero-order chi connectivity index (χ0) is 18.3. The predicted molar refractivity (Wildman–Crippen MR) is 80.0 cm³/mol. The predicted octanol–water partition coefficient (Wildman–Crippen LogP) is 6.56. The molecular weight excluding hydrogens is 475 g/mol. The lowest BCUT2D eigenvalue weighted by molar-refractivity contribution is -0.348. The Labute approximate surface area is 148 Å². The van der Waals surface area contributed by atoms with Gasteiger partial charge in [-0.1, -0.05) is 37.9 Å². The zero-order valence-electron chi connectivity index (χ0n) is 11.3. The number of halogens is 9. The number of pyridine rings is 1. The van der Waals surface area contributed by atoms with Crippen LogP contribution < -0.4 is 0 Å². The molecule has 1 aromatic heterocycles. The highest BCUT2D eigenvalue weighted by Gasteiger charge is 2.74. The lowest BCUT2D eigenvalue weighted by Crippen LogP contribution is -2.50. The summed E-state index contributed by atoms with van der Waals surface area (Å²) < 4.78 is 92.9. The van der Waals surface area contributed by atoms with Crippen LogP contribution in [0.2, 0.25) is 0 Å². The highest BCUT2D eigenvalue weighted by molar-refractivity contribution is 9.11. The molecule has 10 heteroatoms.